The van der Waals surface area contributed by atoms with Crippen molar-refractivity contribution in [3.63, 3.8) is 0 Å². The van der Waals surface area contributed by atoms with Crippen molar-refractivity contribution in [2.24, 2.45) is 0 Å². The molecule has 0 aliphatic heterocycles. The summed E-state index contributed by atoms with van der Waals surface area (Å²) in [6, 6.07) is 73.2. The quantitative estimate of drug-likeness (QED) is 0.156. The fourth-order valence-corrected chi connectivity index (χ4v) is 11.7. The molecule has 0 fully saturated rings. The van der Waals surface area contributed by atoms with E-state index in [0.717, 1.165) is 39.0 Å². The molecule has 4 aromatic heterocycles. The van der Waals surface area contributed by atoms with Gasteiger partial charge >= 0.3 is 0 Å². The summed E-state index contributed by atoms with van der Waals surface area (Å²) in [6.07, 6.45) is 0. The fourth-order valence-electron chi connectivity index (χ4n) is 9.25. The Morgan fingerprint density at radius 2 is 0.797 bits per heavy atom. The SMILES string of the molecule is c1ccc(-c2nc(-c3ccccc3)nc(-c3ccc(-c4ccc5c(c4)sc4cc(-c6cccc7c6sc6ccc8c(-c9ccccc9)nc9ccccc9c8c67)ccc45)cc3)n2)cc1. The average Bonchev–Trinajstić information content (AvgIpc) is 3.94. The van der Waals surface area contributed by atoms with Crippen LogP contribution in [0.3, 0.4) is 0 Å². The second kappa shape index (κ2) is 14.9. The molecule has 0 bridgehead atoms. The zero-order valence-electron chi connectivity index (χ0n) is 34.2. The molecule has 4 heterocycles. The number of rotatable bonds is 6. The Morgan fingerprint density at radius 1 is 0.281 bits per heavy atom. The van der Waals surface area contributed by atoms with Gasteiger partial charge in [0.15, 0.2) is 17.5 Å². The second-order valence-corrected chi connectivity index (χ2v) is 18.3. The highest BCUT2D eigenvalue weighted by molar-refractivity contribution is 7.27. The first-order valence-corrected chi connectivity index (χ1v) is 23.0. The van der Waals surface area contributed by atoms with Gasteiger partial charge in [0.05, 0.1) is 11.2 Å². The van der Waals surface area contributed by atoms with Crippen molar-refractivity contribution in [1.29, 1.82) is 0 Å². The van der Waals surface area contributed by atoms with Gasteiger partial charge in [-0.3, -0.25) is 0 Å². The topological polar surface area (TPSA) is 51.6 Å². The van der Waals surface area contributed by atoms with Gasteiger partial charge in [0.25, 0.3) is 0 Å². The summed E-state index contributed by atoms with van der Waals surface area (Å²) in [7, 11) is 0. The summed E-state index contributed by atoms with van der Waals surface area (Å²) in [5.74, 6) is 1.97. The largest absolute Gasteiger partial charge is 0.247 e. The van der Waals surface area contributed by atoms with Crippen molar-refractivity contribution in [2.75, 3.05) is 0 Å². The average molecular weight is 851 g/mol. The third kappa shape index (κ3) is 6.10. The van der Waals surface area contributed by atoms with Crippen molar-refractivity contribution in [3.05, 3.63) is 206 Å². The molecule has 13 rings (SSSR count). The number of aromatic nitrogens is 4. The first-order valence-electron chi connectivity index (χ1n) is 21.4. The van der Waals surface area contributed by atoms with Crippen LogP contribution in [-0.2, 0) is 0 Å². The van der Waals surface area contributed by atoms with Crippen molar-refractivity contribution in [3.8, 4) is 67.7 Å². The van der Waals surface area contributed by atoms with Gasteiger partial charge < -0.3 is 0 Å². The van der Waals surface area contributed by atoms with Gasteiger partial charge in [-0.2, -0.15) is 0 Å². The number of nitrogens with zero attached hydrogens (tertiary/aromatic N) is 4. The Labute approximate surface area is 376 Å². The smallest absolute Gasteiger partial charge is 0.164 e. The van der Waals surface area contributed by atoms with E-state index in [-0.39, 0.29) is 0 Å². The lowest BCUT2D eigenvalue weighted by Gasteiger charge is -2.11. The molecule has 0 unspecified atom stereocenters. The number of thiophene rings is 2. The van der Waals surface area contributed by atoms with Gasteiger partial charge in [0, 0.05) is 78.8 Å². The molecule has 0 saturated carbocycles. The molecule has 4 nitrogen and oxygen atoms in total. The third-order valence-corrected chi connectivity index (χ3v) is 14.7. The Hall–Kier alpha value is -7.90. The van der Waals surface area contributed by atoms with E-state index in [1.807, 2.05) is 83.3 Å². The lowest BCUT2D eigenvalue weighted by molar-refractivity contribution is 1.07. The molecule has 0 radical (unpaired) electrons. The minimum absolute atomic E-state index is 0.651. The van der Waals surface area contributed by atoms with E-state index >= 15 is 0 Å². The maximum absolute atomic E-state index is 5.22. The fraction of sp³-hybridized carbons (Fsp3) is 0. The summed E-state index contributed by atoms with van der Waals surface area (Å²) in [4.78, 5) is 20.0. The van der Waals surface area contributed by atoms with E-state index in [2.05, 4.69) is 146 Å². The van der Waals surface area contributed by atoms with E-state index in [0.29, 0.717) is 17.5 Å². The van der Waals surface area contributed by atoms with Crippen molar-refractivity contribution in [1.82, 2.24) is 19.9 Å². The number of para-hydroxylation sites is 1. The first-order chi connectivity index (χ1) is 31.7. The molecule has 13 aromatic rings. The van der Waals surface area contributed by atoms with E-state index in [1.165, 1.54) is 73.2 Å². The second-order valence-electron chi connectivity index (χ2n) is 16.1. The maximum atomic E-state index is 5.22. The number of hydrogen-bond acceptors (Lipinski definition) is 6. The molecule has 64 heavy (non-hydrogen) atoms. The van der Waals surface area contributed by atoms with E-state index < -0.39 is 0 Å². The Balaban J connectivity index is 0.873. The van der Waals surface area contributed by atoms with Crippen LogP contribution < -0.4 is 0 Å². The van der Waals surface area contributed by atoms with E-state index in [4.69, 9.17) is 19.9 Å². The highest BCUT2D eigenvalue weighted by Crippen LogP contribution is 2.47. The van der Waals surface area contributed by atoms with Gasteiger partial charge in [0.2, 0.25) is 0 Å². The van der Waals surface area contributed by atoms with Gasteiger partial charge in [-0.15, -0.1) is 22.7 Å². The molecule has 9 aromatic carbocycles. The van der Waals surface area contributed by atoms with E-state index in [1.54, 1.807) is 0 Å². The molecule has 6 heteroatoms. The minimum Gasteiger partial charge on any atom is -0.247 e. The van der Waals surface area contributed by atoms with Gasteiger partial charge in [0.1, 0.15) is 0 Å². The van der Waals surface area contributed by atoms with Crippen molar-refractivity contribution >= 4 is 84.7 Å². The molecular formula is C58H34N4S2. The van der Waals surface area contributed by atoms with Crippen LogP contribution in [0.2, 0.25) is 0 Å². The molecule has 0 aliphatic carbocycles. The Kier molecular flexibility index (Phi) is 8.54. The third-order valence-electron chi connectivity index (χ3n) is 12.3. The predicted octanol–water partition coefficient (Wildman–Crippen LogP) is 16.3. The zero-order chi connectivity index (χ0) is 42.1. The van der Waals surface area contributed by atoms with Crippen LogP contribution in [-0.4, -0.2) is 19.9 Å². The lowest BCUT2D eigenvalue weighted by Crippen LogP contribution is -2.00. The van der Waals surface area contributed by atoms with Crippen LogP contribution in [0.1, 0.15) is 0 Å². The van der Waals surface area contributed by atoms with Crippen LogP contribution in [0.25, 0.3) is 130 Å². The summed E-state index contributed by atoms with van der Waals surface area (Å²) in [6.45, 7) is 0. The maximum Gasteiger partial charge on any atom is 0.164 e. The molecule has 0 N–H and O–H groups in total. The van der Waals surface area contributed by atoms with Crippen molar-refractivity contribution in [2.45, 2.75) is 0 Å². The molecule has 0 saturated heterocycles. The number of pyridine rings is 1. The highest BCUT2D eigenvalue weighted by Gasteiger charge is 2.19. The van der Waals surface area contributed by atoms with Gasteiger partial charge in [-0.05, 0) is 46.5 Å². The van der Waals surface area contributed by atoms with Crippen LogP contribution >= 0.6 is 22.7 Å². The number of hydrogen-bond donors (Lipinski definition) is 0. The number of benzene rings is 9. The molecule has 298 valence electrons. The lowest BCUT2D eigenvalue weighted by atomic mass is 9.95. The molecule has 0 atom stereocenters. The summed E-state index contributed by atoms with van der Waals surface area (Å²) in [5.41, 5.74) is 10.9. The van der Waals surface area contributed by atoms with Crippen LogP contribution in [0, 0.1) is 0 Å². The molecule has 0 amide bonds. The molecule has 0 spiro atoms. The van der Waals surface area contributed by atoms with Crippen LogP contribution in [0.5, 0.6) is 0 Å². The number of fused-ring (bicyclic) bond motifs is 10. The van der Waals surface area contributed by atoms with Crippen LogP contribution in [0.15, 0.2) is 206 Å². The first kappa shape index (κ1) is 36.7. The molecular weight excluding hydrogens is 817 g/mol. The van der Waals surface area contributed by atoms with Crippen molar-refractivity contribution < 1.29 is 0 Å². The summed E-state index contributed by atoms with van der Waals surface area (Å²) in [5, 5.41) is 8.80. The summed E-state index contributed by atoms with van der Waals surface area (Å²) >= 11 is 3.75. The van der Waals surface area contributed by atoms with Crippen LogP contribution in [0.4, 0.5) is 0 Å². The van der Waals surface area contributed by atoms with E-state index in [9.17, 15) is 0 Å². The monoisotopic (exact) mass is 850 g/mol. The van der Waals surface area contributed by atoms with Gasteiger partial charge in [-0.25, -0.2) is 19.9 Å². The predicted molar refractivity (Wildman–Crippen MR) is 271 cm³/mol. The zero-order valence-corrected chi connectivity index (χ0v) is 35.9. The molecule has 0 aliphatic rings. The van der Waals surface area contributed by atoms with Gasteiger partial charge in [-0.1, -0.05) is 182 Å². The highest BCUT2D eigenvalue weighted by atomic mass is 32.1. The summed E-state index contributed by atoms with van der Waals surface area (Å²) < 4.78 is 5.15. The normalized spacial score (nSPS) is 11.8. The standard InChI is InChI=1S/C58H34N4S2/c1-4-13-36(14-5-1)54-46-31-32-49-53(52(46)45-19-10-11-22-48(45)59-54)47-21-12-20-42(55(47)64-49)41-28-30-44-43-29-27-40(33-50(43)63-51(44)34-41)35-23-25-39(26-24-35)58-61-56(37-15-6-2-7-16-37)60-57(62-58)38-17-8-3-9-18-38/h1-34H. The Morgan fingerprint density at radius 3 is 1.47 bits per heavy atom. The Bertz CT molecular complexity index is 3880. The minimum atomic E-state index is 0.651.